The van der Waals surface area contributed by atoms with E-state index in [0.717, 1.165) is 31.2 Å². The van der Waals surface area contributed by atoms with Crippen LogP contribution in [0.5, 0.6) is 0 Å². The largest absolute Gasteiger partial charge is 0.310 e. The third-order valence-electron chi connectivity index (χ3n) is 2.97. The average molecular weight is 219 g/mol. The predicted molar refractivity (Wildman–Crippen MR) is 66.3 cm³/mol. The summed E-state index contributed by atoms with van der Waals surface area (Å²) < 4.78 is 2.04. The second-order valence-electron chi connectivity index (χ2n) is 4.87. The van der Waals surface area contributed by atoms with Crippen LogP contribution in [0.1, 0.15) is 37.4 Å². The molecule has 1 aromatic rings. The molecule has 0 radical (unpaired) electrons. The summed E-state index contributed by atoms with van der Waals surface area (Å²) in [6.45, 7) is 9.97. The molecule has 3 nitrogen and oxygen atoms in total. The zero-order valence-corrected chi connectivity index (χ0v) is 10.3. The van der Waals surface area contributed by atoms with Gasteiger partial charge in [0.25, 0.3) is 0 Å². The topological polar surface area (TPSA) is 29.9 Å². The number of aryl methyl sites for hydroxylation is 2. The molecule has 2 rings (SSSR count). The number of rotatable bonds is 6. The zero-order chi connectivity index (χ0) is 11.5. The molecule has 1 heterocycles. The first-order valence-corrected chi connectivity index (χ1v) is 6.06. The molecule has 1 aliphatic carbocycles. The summed E-state index contributed by atoms with van der Waals surface area (Å²) in [4.78, 5) is 0. The van der Waals surface area contributed by atoms with Gasteiger partial charge in [-0.25, -0.2) is 0 Å². The number of nitrogens with one attached hydrogen (secondary N) is 1. The van der Waals surface area contributed by atoms with Crippen LogP contribution in [0.25, 0.3) is 0 Å². The Kier molecular flexibility index (Phi) is 3.44. The summed E-state index contributed by atoms with van der Waals surface area (Å²) in [6, 6.07) is 0.762. The molecule has 1 fully saturated rings. The van der Waals surface area contributed by atoms with E-state index in [0.29, 0.717) is 0 Å². The van der Waals surface area contributed by atoms with E-state index in [1.54, 1.807) is 0 Å². The van der Waals surface area contributed by atoms with Gasteiger partial charge in [-0.3, -0.25) is 4.68 Å². The average Bonchev–Trinajstić information content (AvgIpc) is 2.98. The lowest BCUT2D eigenvalue weighted by Crippen LogP contribution is -2.15. The summed E-state index contributed by atoms with van der Waals surface area (Å²) >= 11 is 0. The summed E-state index contributed by atoms with van der Waals surface area (Å²) in [5.74, 6) is 0. The molecule has 0 aliphatic heterocycles. The van der Waals surface area contributed by atoms with E-state index in [1.807, 2.05) is 4.68 Å². The van der Waals surface area contributed by atoms with Crippen molar-refractivity contribution < 1.29 is 0 Å². The smallest absolute Gasteiger partial charge is 0.0638 e. The molecule has 0 aromatic carbocycles. The van der Waals surface area contributed by atoms with Gasteiger partial charge in [0.2, 0.25) is 0 Å². The SMILES string of the molecule is C=C(C)CCn1cc(CNC2CC2)c(C)n1. The Morgan fingerprint density at radius 2 is 2.38 bits per heavy atom. The first-order chi connectivity index (χ1) is 7.65. The summed E-state index contributed by atoms with van der Waals surface area (Å²) in [5.41, 5.74) is 3.69. The van der Waals surface area contributed by atoms with Crippen molar-refractivity contribution in [3.05, 3.63) is 29.6 Å². The summed E-state index contributed by atoms with van der Waals surface area (Å²) in [6.07, 6.45) is 5.84. The first-order valence-electron chi connectivity index (χ1n) is 6.06. The minimum absolute atomic E-state index is 0.762. The second-order valence-corrected chi connectivity index (χ2v) is 4.87. The van der Waals surface area contributed by atoms with Crippen molar-refractivity contribution in [3.8, 4) is 0 Å². The number of hydrogen-bond donors (Lipinski definition) is 1. The van der Waals surface area contributed by atoms with E-state index in [4.69, 9.17) is 0 Å². The van der Waals surface area contributed by atoms with E-state index in [1.165, 1.54) is 24.0 Å². The van der Waals surface area contributed by atoms with Crippen LogP contribution in [-0.2, 0) is 13.1 Å². The first kappa shape index (κ1) is 11.4. The van der Waals surface area contributed by atoms with Gasteiger partial charge < -0.3 is 5.32 Å². The van der Waals surface area contributed by atoms with Crippen LogP contribution in [0.3, 0.4) is 0 Å². The Bertz CT molecular complexity index is 375. The molecule has 3 heteroatoms. The fourth-order valence-corrected chi connectivity index (χ4v) is 1.69. The lowest BCUT2D eigenvalue weighted by atomic mass is 10.2. The van der Waals surface area contributed by atoms with Gasteiger partial charge in [0.05, 0.1) is 5.69 Å². The highest BCUT2D eigenvalue weighted by Gasteiger charge is 2.20. The Morgan fingerprint density at radius 3 is 3.00 bits per heavy atom. The van der Waals surface area contributed by atoms with Crippen molar-refractivity contribution in [2.75, 3.05) is 0 Å². The number of nitrogens with zero attached hydrogens (tertiary/aromatic N) is 2. The molecule has 0 amide bonds. The van der Waals surface area contributed by atoms with Gasteiger partial charge in [0.1, 0.15) is 0 Å². The minimum atomic E-state index is 0.762. The van der Waals surface area contributed by atoms with Crippen LogP contribution in [-0.4, -0.2) is 15.8 Å². The van der Waals surface area contributed by atoms with Gasteiger partial charge in [-0.1, -0.05) is 5.57 Å². The van der Waals surface area contributed by atoms with E-state index in [2.05, 4.69) is 37.0 Å². The number of aromatic nitrogens is 2. The molecule has 1 N–H and O–H groups in total. The lowest BCUT2D eigenvalue weighted by Gasteiger charge is -2.00. The molecule has 1 aliphatic rings. The van der Waals surface area contributed by atoms with E-state index < -0.39 is 0 Å². The number of allylic oxidation sites excluding steroid dienone is 1. The molecule has 0 bridgehead atoms. The van der Waals surface area contributed by atoms with E-state index >= 15 is 0 Å². The minimum Gasteiger partial charge on any atom is -0.310 e. The van der Waals surface area contributed by atoms with Crippen molar-refractivity contribution in [2.45, 2.75) is 52.2 Å². The standard InChI is InChI=1S/C13H21N3/c1-10(2)6-7-16-9-12(11(3)15-16)8-14-13-4-5-13/h9,13-14H,1,4-8H2,2-3H3. The zero-order valence-electron chi connectivity index (χ0n) is 10.3. The molecular weight excluding hydrogens is 198 g/mol. The van der Waals surface area contributed by atoms with E-state index in [9.17, 15) is 0 Å². The Morgan fingerprint density at radius 1 is 1.62 bits per heavy atom. The molecule has 88 valence electrons. The number of hydrogen-bond acceptors (Lipinski definition) is 2. The molecular formula is C13H21N3. The molecule has 0 saturated heterocycles. The third kappa shape index (κ3) is 3.20. The summed E-state index contributed by atoms with van der Waals surface area (Å²) in [5, 5.41) is 8.04. The van der Waals surface area contributed by atoms with E-state index in [-0.39, 0.29) is 0 Å². The molecule has 1 saturated carbocycles. The monoisotopic (exact) mass is 219 g/mol. The molecule has 1 aromatic heterocycles. The molecule has 16 heavy (non-hydrogen) atoms. The lowest BCUT2D eigenvalue weighted by molar-refractivity contribution is 0.607. The highest BCUT2D eigenvalue weighted by molar-refractivity contribution is 5.15. The highest BCUT2D eigenvalue weighted by Crippen LogP contribution is 2.19. The molecule has 0 spiro atoms. The maximum absolute atomic E-state index is 4.52. The fraction of sp³-hybridized carbons (Fsp3) is 0.615. The van der Waals surface area contributed by atoms with Crippen LogP contribution >= 0.6 is 0 Å². The predicted octanol–water partition coefficient (Wildman–Crippen LogP) is 2.41. The normalized spacial score (nSPS) is 15.4. The second kappa shape index (κ2) is 4.83. The molecule has 0 unspecified atom stereocenters. The maximum atomic E-state index is 4.52. The third-order valence-corrected chi connectivity index (χ3v) is 2.97. The van der Waals surface area contributed by atoms with Crippen molar-refractivity contribution in [1.29, 1.82) is 0 Å². The Hall–Kier alpha value is -1.09. The quantitative estimate of drug-likeness (QED) is 0.745. The maximum Gasteiger partial charge on any atom is 0.0638 e. The van der Waals surface area contributed by atoms with Crippen molar-refractivity contribution >= 4 is 0 Å². The highest BCUT2D eigenvalue weighted by atomic mass is 15.3. The Balaban J connectivity index is 1.88. The van der Waals surface area contributed by atoms with Crippen molar-refractivity contribution in [3.63, 3.8) is 0 Å². The fourth-order valence-electron chi connectivity index (χ4n) is 1.69. The van der Waals surface area contributed by atoms with Crippen LogP contribution < -0.4 is 5.32 Å². The van der Waals surface area contributed by atoms with Gasteiger partial charge in [-0.15, -0.1) is 6.58 Å². The van der Waals surface area contributed by atoms with Gasteiger partial charge in [0, 0.05) is 30.9 Å². The van der Waals surface area contributed by atoms with Gasteiger partial charge in [0.15, 0.2) is 0 Å². The van der Waals surface area contributed by atoms with Gasteiger partial charge in [-0.2, -0.15) is 5.10 Å². The summed E-state index contributed by atoms with van der Waals surface area (Å²) in [7, 11) is 0. The van der Waals surface area contributed by atoms with Crippen molar-refractivity contribution in [2.24, 2.45) is 0 Å². The van der Waals surface area contributed by atoms with Crippen molar-refractivity contribution in [1.82, 2.24) is 15.1 Å². The Labute approximate surface area is 97.5 Å². The molecule has 0 atom stereocenters. The van der Waals surface area contributed by atoms with Crippen LogP contribution in [0.4, 0.5) is 0 Å². The van der Waals surface area contributed by atoms with Crippen LogP contribution in [0.2, 0.25) is 0 Å². The van der Waals surface area contributed by atoms with Crippen LogP contribution in [0, 0.1) is 6.92 Å². The van der Waals surface area contributed by atoms with Gasteiger partial charge >= 0.3 is 0 Å². The van der Waals surface area contributed by atoms with Crippen LogP contribution in [0.15, 0.2) is 18.3 Å². The van der Waals surface area contributed by atoms with Gasteiger partial charge in [-0.05, 0) is 33.1 Å².